The molecule has 0 spiro atoms. The van der Waals surface area contributed by atoms with Crippen LogP contribution >= 0.6 is 11.3 Å². The molecule has 0 saturated carbocycles. The Morgan fingerprint density at radius 2 is 2.03 bits per heavy atom. The molecule has 0 saturated heterocycles. The van der Waals surface area contributed by atoms with Gasteiger partial charge in [0.1, 0.15) is 17.3 Å². The third-order valence-corrected chi connectivity index (χ3v) is 6.61. The minimum absolute atomic E-state index is 0.000841. The lowest BCUT2D eigenvalue weighted by molar-refractivity contribution is -0.124. The van der Waals surface area contributed by atoms with Gasteiger partial charge in [0.25, 0.3) is 5.91 Å². The molecule has 30 heavy (non-hydrogen) atoms. The molecule has 160 valence electrons. The maximum atomic E-state index is 13.1. The summed E-state index contributed by atoms with van der Waals surface area (Å²) in [6.45, 7) is 11.5. The van der Waals surface area contributed by atoms with Crippen LogP contribution in [0.2, 0.25) is 0 Å². The lowest BCUT2D eigenvalue weighted by Crippen LogP contribution is -2.41. The summed E-state index contributed by atoms with van der Waals surface area (Å²) >= 11 is 1.45. The Morgan fingerprint density at radius 3 is 2.60 bits per heavy atom. The quantitative estimate of drug-likeness (QED) is 0.673. The Kier molecular flexibility index (Phi) is 6.36. The van der Waals surface area contributed by atoms with Crippen LogP contribution in [0.25, 0.3) is 0 Å². The molecule has 8 heteroatoms. The van der Waals surface area contributed by atoms with Crippen molar-refractivity contribution in [3.05, 3.63) is 45.2 Å². The third-order valence-electron chi connectivity index (χ3n) is 5.52. The van der Waals surface area contributed by atoms with Crippen molar-refractivity contribution >= 4 is 29.0 Å². The van der Waals surface area contributed by atoms with E-state index in [4.69, 9.17) is 4.74 Å². The van der Waals surface area contributed by atoms with E-state index in [1.165, 1.54) is 11.3 Å². The Balaban J connectivity index is 1.98. The number of thiazole rings is 1. The fourth-order valence-corrected chi connectivity index (χ4v) is 4.09. The van der Waals surface area contributed by atoms with Crippen LogP contribution in [0.3, 0.4) is 0 Å². The maximum Gasteiger partial charge on any atom is 0.341 e. The fraction of sp³-hybridized carbons (Fsp3) is 0.500. The number of carbonyl (C=O) groups is 2. The number of pyridine rings is 1. The van der Waals surface area contributed by atoms with E-state index in [0.29, 0.717) is 17.1 Å². The number of aryl methyl sites for hydroxylation is 2. The first kappa shape index (κ1) is 22.1. The third kappa shape index (κ3) is 4.14. The molecule has 1 amide bonds. The molecule has 0 aliphatic carbocycles. The maximum absolute atomic E-state index is 13.1. The largest absolute Gasteiger partial charge is 0.453 e. The Morgan fingerprint density at radius 1 is 1.30 bits per heavy atom. The summed E-state index contributed by atoms with van der Waals surface area (Å²) in [6.07, 6.45) is 3.01. The summed E-state index contributed by atoms with van der Waals surface area (Å²) in [5.74, 6) is -0.377. The van der Waals surface area contributed by atoms with E-state index < -0.39 is 17.6 Å². The van der Waals surface area contributed by atoms with E-state index in [9.17, 15) is 9.59 Å². The van der Waals surface area contributed by atoms with Gasteiger partial charge in [-0.1, -0.05) is 27.2 Å². The van der Waals surface area contributed by atoms with Gasteiger partial charge in [-0.05, 0) is 44.7 Å². The van der Waals surface area contributed by atoms with Crippen LogP contribution in [-0.2, 0) is 16.0 Å². The average molecular weight is 429 g/mol. The number of nitrogens with one attached hydrogen (secondary N) is 1. The number of amidine groups is 1. The van der Waals surface area contributed by atoms with Crippen molar-refractivity contribution in [3.8, 4) is 0 Å². The SMILES string of the molecule is CCCc1cnc(C2=NC(C)(C(C)C)C(=O)N2)c(C(=O)OC(C)c2scnc2C)c1. The standard InChI is InChI=1S/C22H28N4O3S/c1-7-8-15-9-16(20(27)29-14(5)18-13(4)24-11-30-18)17(23-10-15)19-25-21(28)22(6,26-19)12(2)3/h9-12,14H,7-8H2,1-6H3,(H,25,26,28). The number of carbonyl (C=O) groups excluding carboxylic acids is 2. The first-order valence-corrected chi connectivity index (χ1v) is 11.1. The average Bonchev–Trinajstić information content (AvgIpc) is 3.25. The molecular weight excluding hydrogens is 400 g/mol. The summed E-state index contributed by atoms with van der Waals surface area (Å²) in [5, 5.41) is 2.81. The normalized spacial score (nSPS) is 19.6. The molecule has 0 aromatic carbocycles. The van der Waals surface area contributed by atoms with Gasteiger partial charge < -0.3 is 10.1 Å². The molecule has 0 bridgehead atoms. The molecule has 2 atom stereocenters. The van der Waals surface area contributed by atoms with Gasteiger partial charge >= 0.3 is 5.97 Å². The van der Waals surface area contributed by atoms with Crippen LogP contribution in [0.1, 0.15) is 79.3 Å². The van der Waals surface area contributed by atoms with Crippen molar-refractivity contribution < 1.29 is 14.3 Å². The van der Waals surface area contributed by atoms with Gasteiger partial charge in [0.15, 0.2) is 5.84 Å². The monoisotopic (exact) mass is 428 g/mol. The van der Waals surface area contributed by atoms with Gasteiger partial charge in [-0.3, -0.25) is 9.78 Å². The molecular formula is C22H28N4O3S. The van der Waals surface area contributed by atoms with Gasteiger partial charge in [-0.15, -0.1) is 11.3 Å². The lowest BCUT2D eigenvalue weighted by atomic mass is 9.89. The summed E-state index contributed by atoms with van der Waals surface area (Å²) < 4.78 is 5.75. The zero-order valence-electron chi connectivity index (χ0n) is 18.3. The van der Waals surface area contributed by atoms with Crippen molar-refractivity contribution in [3.63, 3.8) is 0 Å². The van der Waals surface area contributed by atoms with Gasteiger partial charge in [0.05, 0.1) is 21.6 Å². The minimum Gasteiger partial charge on any atom is -0.453 e. The van der Waals surface area contributed by atoms with E-state index >= 15 is 0 Å². The van der Waals surface area contributed by atoms with Gasteiger partial charge in [0.2, 0.25) is 0 Å². The van der Waals surface area contributed by atoms with Crippen molar-refractivity contribution in [2.24, 2.45) is 10.9 Å². The van der Waals surface area contributed by atoms with E-state index in [1.54, 1.807) is 24.7 Å². The zero-order valence-corrected chi connectivity index (χ0v) is 19.1. The fourth-order valence-electron chi connectivity index (χ4n) is 3.30. The predicted octanol–water partition coefficient (Wildman–Crippen LogP) is 4.01. The van der Waals surface area contributed by atoms with Crippen molar-refractivity contribution in [2.75, 3.05) is 0 Å². The number of amides is 1. The second-order valence-electron chi connectivity index (χ2n) is 8.06. The van der Waals surface area contributed by atoms with Crippen LogP contribution in [0.5, 0.6) is 0 Å². The molecule has 0 fully saturated rings. The highest BCUT2D eigenvalue weighted by molar-refractivity contribution is 7.09. The molecule has 0 radical (unpaired) electrons. The number of aliphatic imine (C=N–C) groups is 1. The topological polar surface area (TPSA) is 93.5 Å². The number of esters is 1. The van der Waals surface area contributed by atoms with Gasteiger partial charge in [-0.25, -0.2) is 14.8 Å². The first-order valence-electron chi connectivity index (χ1n) is 10.2. The molecule has 1 aliphatic rings. The zero-order chi connectivity index (χ0) is 22.1. The first-order chi connectivity index (χ1) is 14.2. The van der Waals surface area contributed by atoms with Crippen LogP contribution in [0, 0.1) is 12.8 Å². The molecule has 3 rings (SSSR count). The second-order valence-corrected chi connectivity index (χ2v) is 8.94. The number of hydrogen-bond acceptors (Lipinski definition) is 7. The molecule has 1 N–H and O–H groups in total. The molecule has 2 aromatic rings. The van der Waals surface area contributed by atoms with Crippen LogP contribution in [0.15, 0.2) is 22.8 Å². The Hall–Kier alpha value is -2.61. The van der Waals surface area contributed by atoms with Crippen LogP contribution in [-0.4, -0.2) is 33.2 Å². The Bertz CT molecular complexity index is 998. The summed E-state index contributed by atoms with van der Waals surface area (Å²) in [5.41, 5.74) is 3.27. The van der Waals surface area contributed by atoms with Crippen molar-refractivity contribution in [1.29, 1.82) is 0 Å². The van der Waals surface area contributed by atoms with Crippen LogP contribution in [0.4, 0.5) is 0 Å². The highest BCUT2D eigenvalue weighted by atomic mass is 32.1. The second kappa shape index (κ2) is 8.63. The Labute approximate surface area is 181 Å². The number of hydrogen-bond donors (Lipinski definition) is 1. The molecule has 2 unspecified atom stereocenters. The lowest BCUT2D eigenvalue weighted by Gasteiger charge is -2.21. The summed E-state index contributed by atoms with van der Waals surface area (Å²) in [4.78, 5) is 39.9. The van der Waals surface area contributed by atoms with Gasteiger partial charge in [-0.2, -0.15) is 0 Å². The summed E-state index contributed by atoms with van der Waals surface area (Å²) in [6, 6.07) is 1.79. The number of ether oxygens (including phenoxy) is 1. The van der Waals surface area contributed by atoms with Crippen molar-refractivity contribution in [1.82, 2.24) is 15.3 Å². The highest BCUT2D eigenvalue weighted by Gasteiger charge is 2.43. The van der Waals surface area contributed by atoms with E-state index in [1.807, 2.05) is 27.7 Å². The number of nitrogens with zero attached hydrogens (tertiary/aromatic N) is 3. The van der Waals surface area contributed by atoms with E-state index in [2.05, 4.69) is 27.2 Å². The summed E-state index contributed by atoms with van der Waals surface area (Å²) in [7, 11) is 0. The van der Waals surface area contributed by atoms with E-state index in [0.717, 1.165) is 29.0 Å². The molecule has 1 aliphatic heterocycles. The molecule has 7 nitrogen and oxygen atoms in total. The van der Waals surface area contributed by atoms with E-state index in [-0.39, 0.29) is 11.8 Å². The smallest absolute Gasteiger partial charge is 0.341 e. The number of rotatable bonds is 7. The molecule has 2 aromatic heterocycles. The molecule has 3 heterocycles. The minimum atomic E-state index is -0.896. The van der Waals surface area contributed by atoms with Gasteiger partial charge in [0, 0.05) is 6.20 Å². The highest BCUT2D eigenvalue weighted by Crippen LogP contribution is 2.29. The predicted molar refractivity (Wildman–Crippen MR) is 117 cm³/mol. The van der Waals surface area contributed by atoms with Crippen molar-refractivity contribution in [2.45, 2.75) is 66.0 Å². The number of aromatic nitrogens is 2. The van der Waals surface area contributed by atoms with Crippen LogP contribution < -0.4 is 5.32 Å².